The highest BCUT2D eigenvalue weighted by Gasteiger charge is 2.15. The molecule has 120 valence electrons. The van der Waals surface area contributed by atoms with Crippen LogP contribution in [0.5, 0.6) is 0 Å². The second-order valence-corrected chi connectivity index (χ2v) is 5.70. The lowest BCUT2D eigenvalue weighted by Crippen LogP contribution is -2.37. The summed E-state index contributed by atoms with van der Waals surface area (Å²) < 4.78 is 0. The maximum atomic E-state index is 11.7. The minimum Gasteiger partial charge on any atom is -0.387 e. The fraction of sp³-hybridized carbons (Fsp3) is 0.176. The molecule has 0 saturated heterocycles. The fourth-order valence-corrected chi connectivity index (χ4v) is 2.33. The number of aliphatic hydroxyl groups is 1. The van der Waals surface area contributed by atoms with E-state index in [4.69, 9.17) is 0 Å². The molecule has 2 aromatic carbocycles. The molecule has 6 heteroatoms. The zero-order chi connectivity index (χ0) is 16.7. The third-order valence-corrected chi connectivity index (χ3v) is 3.94. The van der Waals surface area contributed by atoms with Gasteiger partial charge in [0.25, 0.3) is 0 Å². The summed E-state index contributed by atoms with van der Waals surface area (Å²) in [7, 11) is 0. The molecule has 0 spiro atoms. The van der Waals surface area contributed by atoms with Gasteiger partial charge in [0.2, 0.25) is 0 Å². The molecule has 0 aliphatic rings. The lowest BCUT2D eigenvalue weighted by atomic mass is 10.1. The van der Waals surface area contributed by atoms with E-state index in [2.05, 4.69) is 10.6 Å². The molecule has 2 amide bonds. The van der Waals surface area contributed by atoms with E-state index >= 15 is 0 Å². The number of aliphatic hydroxyl groups excluding tert-OH is 1. The van der Waals surface area contributed by atoms with Crippen molar-refractivity contribution in [1.29, 1.82) is 0 Å². The molecule has 0 heterocycles. The van der Waals surface area contributed by atoms with Gasteiger partial charge in [-0.3, -0.25) is 9.59 Å². The summed E-state index contributed by atoms with van der Waals surface area (Å²) in [5.74, 6) is -1.55. The SMILES string of the molecule is CSc1ccc(C(O)CNC(=O)C(=O)Nc2ccccc2)cc1. The summed E-state index contributed by atoms with van der Waals surface area (Å²) in [5.41, 5.74) is 1.23. The van der Waals surface area contributed by atoms with Crippen molar-refractivity contribution in [1.82, 2.24) is 5.32 Å². The van der Waals surface area contributed by atoms with Crippen molar-refractivity contribution in [3.05, 3.63) is 60.2 Å². The molecular weight excluding hydrogens is 312 g/mol. The van der Waals surface area contributed by atoms with Gasteiger partial charge in [0.1, 0.15) is 0 Å². The Morgan fingerprint density at radius 2 is 1.70 bits per heavy atom. The Labute approximate surface area is 139 Å². The predicted octanol–water partition coefficient (Wildman–Crippen LogP) is 2.20. The van der Waals surface area contributed by atoms with Crippen molar-refractivity contribution in [3.8, 4) is 0 Å². The van der Waals surface area contributed by atoms with Crippen LogP contribution < -0.4 is 10.6 Å². The highest BCUT2D eigenvalue weighted by Crippen LogP contribution is 2.18. The molecule has 3 N–H and O–H groups in total. The van der Waals surface area contributed by atoms with Crippen LogP contribution in [-0.4, -0.2) is 29.7 Å². The number of carbonyl (C=O) groups is 2. The first-order valence-electron chi connectivity index (χ1n) is 7.06. The number of hydrogen-bond acceptors (Lipinski definition) is 4. The van der Waals surface area contributed by atoms with Gasteiger partial charge in [0.05, 0.1) is 6.10 Å². The van der Waals surface area contributed by atoms with E-state index in [-0.39, 0.29) is 6.54 Å². The van der Waals surface area contributed by atoms with Gasteiger partial charge in [-0.05, 0) is 36.1 Å². The van der Waals surface area contributed by atoms with Crippen LogP contribution in [-0.2, 0) is 9.59 Å². The summed E-state index contributed by atoms with van der Waals surface area (Å²) in [6.07, 6.45) is 1.11. The highest BCUT2D eigenvalue weighted by molar-refractivity contribution is 7.98. The van der Waals surface area contributed by atoms with Crippen molar-refractivity contribution in [2.75, 3.05) is 18.1 Å². The smallest absolute Gasteiger partial charge is 0.313 e. The number of anilines is 1. The summed E-state index contributed by atoms with van der Waals surface area (Å²) in [6, 6.07) is 16.1. The predicted molar refractivity (Wildman–Crippen MR) is 91.3 cm³/mol. The van der Waals surface area contributed by atoms with Gasteiger partial charge in [-0.15, -0.1) is 11.8 Å². The van der Waals surface area contributed by atoms with E-state index in [0.29, 0.717) is 11.3 Å². The van der Waals surface area contributed by atoms with Crippen molar-refractivity contribution >= 4 is 29.3 Å². The number of amides is 2. The molecule has 0 radical (unpaired) electrons. The minimum absolute atomic E-state index is 0.0281. The van der Waals surface area contributed by atoms with E-state index in [1.165, 1.54) is 0 Å². The Morgan fingerprint density at radius 3 is 2.30 bits per heavy atom. The molecule has 0 aliphatic heterocycles. The monoisotopic (exact) mass is 330 g/mol. The molecular formula is C17H18N2O3S. The third-order valence-electron chi connectivity index (χ3n) is 3.19. The van der Waals surface area contributed by atoms with Crippen LogP contribution in [0.2, 0.25) is 0 Å². The number of para-hydroxylation sites is 1. The van der Waals surface area contributed by atoms with Crippen LogP contribution >= 0.6 is 11.8 Å². The van der Waals surface area contributed by atoms with Gasteiger partial charge in [0, 0.05) is 17.1 Å². The van der Waals surface area contributed by atoms with Gasteiger partial charge in [0.15, 0.2) is 0 Å². The van der Waals surface area contributed by atoms with Gasteiger partial charge < -0.3 is 15.7 Å². The van der Waals surface area contributed by atoms with Crippen LogP contribution in [0.1, 0.15) is 11.7 Å². The quantitative estimate of drug-likeness (QED) is 0.580. The van der Waals surface area contributed by atoms with Crippen molar-refractivity contribution in [2.45, 2.75) is 11.0 Å². The van der Waals surface area contributed by atoms with Gasteiger partial charge in [-0.25, -0.2) is 0 Å². The largest absolute Gasteiger partial charge is 0.387 e. The van der Waals surface area contributed by atoms with Crippen LogP contribution in [0.25, 0.3) is 0 Å². The van der Waals surface area contributed by atoms with E-state index in [1.54, 1.807) is 48.2 Å². The van der Waals surface area contributed by atoms with Crippen LogP contribution in [0.15, 0.2) is 59.5 Å². The van der Waals surface area contributed by atoms with Crippen molar-refractivity contribution < 1.29 is 14.7 Å². The maximum absolute atomic E-state index is 11.7. The van der Waals surface area contributed by atoms with E-state index in [0.717, 1.165) is 4.90 Å². The van der Waals surface area contributed by atoms with Crippen molar-refractivity contribution in [3.63, 3.8) is 0 Å². The van der Waals surface area contributed by atoms with Crippen LogP contribution in [0.3, 0.4) is 0 Å². The third kappa shape index (κ3) is 5.12. The molecule has 0 bridgehead atoms. The van der Waals surface area contributed by atoms with E-state index < -0.39 is 17.9 Å². The molecule has 2 aromatic rings. The second-order valence-electron chi connectivity index (χ2n) is 4.82. The number of nitrogens with one attached hydrogen (secondary N) is 2. The zero-order valence-corrected chi connectivity index (χ0v) is 13.5. The zero-order valence-electron chi connectivity index (χ0n) is 12.7. The maximum Gasteiger partial charge on any atom is 0.313 e. The Balaban J connectivity index is 1.84. The number of carbonyl (C=O) groups excluding carboxylic acids is 2. The molecule has 0 aliphatic carbocycles. The van der Waals surface area contributed by atoms with Crippen LogP contribution in [0, 0.1) is 0 Å². The first-order valence-corrected chi connectivity index (χ1v) is 8.29. The number of rotatable bonds is 5. The molecule has 0 saturated carbocycles. The average molecular weight is 330 g/mol. The van der Waals surface area contributed by atoms with Gasteiger partial charge in [-0.1, -0.05) is 30.3 Å². The number of benzene rings is 2. The molecule has 5 nitrogen and oxygen atoms in total. The summed E-state index contributed by atoms with van der Waals surface area (Å²) >= 11 is 1.61. The Hall–Kier alpha value is -2.31. The topological polar surface area (TPSA) is 78.4 Å². The first-order chi connectivity index (χ1) is 11.1. The Bertz CT molecular complexity index is 659. The molecule has 2 rings (SSSR count). The summed E-state index contributed by atoms with van der Waals surface area (Å²) in [5, 5.41) is 15.0. The van der Waals surface area contributed by atoms with Crippen molar-refractivity contribution in [2.24, 2.45) is 0 Å². The van der Waals surface area contributed by atoms with Gasteiger partial charge >= 0.3 is 11.8 Å². The molecule has 0 fully saturated rings. The fourth-order valence-electron chi connectivity index (χ4n) is 1.92. The number of hydrogen-bond donors (Lipinski definition) is 3. The second kappa shape index (κ2) is 8.36. The van der Waals surface area contributed by atoms with Gasteiger partial charge in [-0.2, -0.15) is 0 Å². The normalized spacial score (nSPS) is 11.6. The average Bonchev–Trinajstić information content (AvgIpc) is 2.60. The lowest BCUT2D eigenvalue weighted by Gasteiger charge is -2.12. The van der Waals surface area contributed by atoms with Crippen LogP contribution in [0.4, 0.5) is 5.69 Å². The standard InChI is InChI=1S/C17H18N2O3S/c1-23-14-9-7-12(8-10-14)15(20)11-18-16(21)17(22)19-13-5-3-2-4-6-13/h2-10,15,20H,11H2,1H3,(H,18,21)(H,19,22). The Morgan fingerprint density at radius 1 is 1.04 bits per heavy atom. The lowest BCUT2D eigenvalue weighted by molar-refractivity contribution is -0.136. The Kier molecular flexibility index (Phi) is 6.19. The molecule has 23 heavy (non-hydrogen) atoms. The first kappa shape index (κ1) is 17.1. The van der Waals surface area contributed by atoms with E-state index in [1.807, 2.05) is 24.5 Å². The highest BCUT2D eigenvalue weighted by atomic mass is 32.2. The minimum atomic E-state index is -0.862. The number of thioether (sulfide) groups is 1. The molecule has 0 aromatic heterocycles. The van der Waals surface area contributed by atoms with E-state index in [9.17, 15) is 14.7 Å². The summed E-state index contributed by atoms with van der Waals surface area (Å²) in [6.45, 7) is -0.0281. The molecule has 1 unspecified atom stereocenters. The summed E-state index contributed by atoms with van der Waals surface area (Å²) in [4.78, 5) is 24.6. The molecule has 1 atom stereocenters.